The summed E-state index contributed by atoms with van der Waals surface area (Å²) in [5, 5.41) is 4.91. The number of carbonyl (C=O) groups is 6. The first-order chi connectivity index (χ1) is 32.3. The largest absolute Gasteiger partial charge is 0.463 e. The molecular formula is C47H75N3O16. The van der Waals surface area contributed by atoms with Gasteiger partial charge >= 0.3 is 5.97 Å². The molecule has 2 heterocycles. The lowest BCUT2D eigenvalue weighted by Crippen LogP contribution is -2.54. The molecule has 1 aromatic rings. The van der Waals surface area contributed by atoms with Crippen LogP contribution < -0.4 is 10.6 Å². The van der Waals surface area contributed by atoms with Crippen LogP contribution in [0.5, 0.6) is 0 Å². The van der Waals surface area contributed by atoms with Crippen LogP contribution in [0.2, 0.25) is 0 Å². The van der Waals surface area contributed by atoms with Crippen LogP contribution in [-0.4, -0.2) is 172 Å². The predicted molar refractivity (Wildman–Crippen MR) is 241 cm³/mol. The quantitative estimate of drug-likeness (QED) is 0.0526. The fourth-order valence-corrected chi connectivity index (χ4v) is 6.87. The predicted octanol–water partition coefficient (Wildman–Crippen LogP) is 4.42. The number of nitrogens with zero attached hydrogens (tertiary/aromatic N) is 1. The van der Waals surface area contributed by atoms with E-state index in [1.54, 1.807) is 12.1 Å². The van der Waals surface area contributed by atoms with Crippen molar-refractivity contribution in [1.82, 2.24) is 10.2 Å². The van der Waals surface area contributed by atoms with Gasteiger partial charge in [-0.15, -0.1) is 0 Å². The van der Waals surface area contributed by atoms with E-state index in [-0.39, 0.29) is 54.6 Å². The van der Waals surface area contributed by atoms with E-state index in [1.165, 1.54) is 38.2 Å². The Morgan fingerprint density at radius 2 is 1.02 bits per heavy atom. The molecule has 1 aromatic carbocycles. The fraction of sp³-hybridized carbons (Fsp3) is 0.745. The Hall–Kier alpha value is -3.92. The van der Waals surface area contributed by atoms with E-state index in [0.29, 0.717) is 132 Å². The second-order valence-corrected chi connectivity index (χ2v) is 15.6. The summed E-state index contributed by atoms with van der Waals surface area (Å²) in [6, 6.07) is 3.52. The van der Waals surface area contributed by atoms with Gasteiger partial charge in [0.05, 0.1) is 129 Å². The fourth-order valence-electron chi connectivity index (χ4n) is 6.87. The molecule has 1 atom stereocenters. The molecule has 0 saturated carbocycles. The molecule has 2 N–H and O–H groups in total. The maximum Gasteiger partial charge on any atom is 0.305 e. The van der Waals surface area contributed by atoms with E-state index in [9.17, 15) is 28.8 Å². The maximum atomic E-state index is 13.2. The number of ether oxygens (including phenoxy) is 10. The van der Waals surface area contributed by atoms with Gasteiger partial charge in [-0.25, -0.2) is 0 Å². The minimum Gasteiger partial charge on any atom is -0.463 e. The molecule has 0 aliphatic carbocycles. The van der Waals surface area contributed by atoms with E-state index in [1.807, 2.05) is 0 Å². The van der Waals surface area contributed by atoms with Gasteiger partial charge in [-0.2, -0.15) is 0 Å². The van der Waals surface area contributed by atoms with Crippen LogP contribution in [0.4, 0.5) is 5.69 Å². The van der Waals surface area contributed by atoms with Gasteiger partial charge in [0, 0.05) is 25.9 Å². The van der Waals surface area contributed by atoms with Crippen molar-refractivity contribution in [2.24, 2.45) is 0 Å². The van der Waals surface area contributed by atoms with E-state index >= 15 is 0 Å². The van der Waals surface area contributed by atoms with Crippen molar-refractivity contribution in [3.05, 3.63) is 29.3 Å². The number of hydrogen-bond donors (Lipinski definition) is 2. The standard InChI is InChI=1S/C47H75N3O16/c1-2-3-4-5-6-7-10-16-43(53)66-37-36-65-35-34-64-33-32-63-31-30-62-29-28-61-27-26-60-25-24-59-23-22-58-21-20-57-19-11-8-9-15-41(51)48-39-14-12-13-38-44(39)47(56)50(46(38)55)40-17-18-42(52)49-45(40)54/h12-14,40H,2-11,15-37H2,1H3,(H,48,51)(H,49,52,54). The molecule has 3 rings (SSSR count). The minimum atomic E-state index is -1.08. The molecular weight excluding hydrogens is 863 g/mol. The number of fused-ring (bicyclic) bond motifs is 1. The van der Waals surface area contributed by atoms with Crippen LogP contribution in [0.25, 0.3) is 0 Å². The zero-order valence-corrected chi connectivity index (χ0v) is 39.1. The van der Waals surface area contributed by atoms with E-state index in [4.69, 9.17) is 47.4 Å². The van der Waals surface area contributed by atoms with Crippen molar-refractivity contribution in [2.45, 2.75) is 103 Å². The second-order valence-electron chi connectivity index (χ2n) is 15.6. The summed E-state index contributed by atoms with van der Waals surface area (Å²) in [5.41, 5.74) is 0.375. The normalized spacial score (nSPS) is 14.8. The van der Waals surface area contributed by atoms with Gasteiger partial charge in [0.1, 0.15) is 12.6 Å². The molecule has 1 fully saturated rings. The number of unbranched alkanes of at least 4 members (excludes halogenated alkanes) is 8. The maximum absolute atomic E-state index is 13.2. The lowest BCUT2D eigenvalue weighted by atomic mass is 10.0. The van der Waals surface area contributed by atoms with Gasteiger partial charge in [-0.3, -0.25) is 39.0 Å². The molecule has 0 aromatic heterocycles. The van der Waals surface area contributed by atoms with Crippen LogP contribution >= 0.6 is 0 Å². The molecule has 1 saturated heterocycles. The average Bonchev–Trinajstić information content (AvgIpc) is 3.56. The first kappa shape index (κ1) is 56.4. The Morgan fingerprint density at radius 1 is 0.561 bits per heavy atom. The molecule has 19 heteroatoms. The summed E-state index contributed by atoms with van der Waals surface area (Å²) in [6.07, 6.45) is 11.1. The molecule has 0 radical (unpaired) electrons. The van der Waals surface area contributed by atoms with Crippen LogP contribution in [-0.2, 0) is 66.5 Å². The molecule has 5 amide bonds. The van der Waals surface area contributed by atoms with Gasteiger partial charge in [-0.05, 0) is 37.8 Å². The molecule has 0 spiro atoms. The highest BCUT2D eigenvalue weighted by molar-refractivity contribution is 6.26. The number of benzene rings is 1. The number of imide groups is 2. The van der Waals surface area contributed by atoms with Crippen molar-refractivity contribution < 1.29 is 76.1 Å². The number of amides is 5. The topological polar surface area (TPSA) is 222 Å². The minimum absolute atomic E-state index is 0.0259. The van der Waals surface area contributed by atoms with Crippen LogP contribution in [0.3, 0.4) is 0 Å². The Morgan fingerprint density at radius 3 is 1.53 bits per heavy atom. The summed E-state index contributed by atoms with van der Waals surface area (Å²) >= 11 is 0. The summed E-state index contributed by atoms with van der Waals surface area (Å²) < 4.78 is 54.8. The van der Waals surface area contributed by atoms with Gasteiger partial charge in [0.15, 0.2) is 0 Å². The van der Waals surface area contributed by atoms with E-state index in [0.717, 1.165) is 30.6 Å². The van der Waals surface area contributed by atoms with Crippen LogP contribution in [0, 0.1) is 0 Å². The lowest BCUT2D eigenvalue weighted by molar-refractivity contribution is -0.145. The summed E-state index contributed by atoms with van der Waals surface area (Å²) in [7, 11) is 0. The summed E-state index contributed by atoms with van der Waals surface area (Å²) in [5.74, 6) is -2.88. The monoisotopic (exact) mass is 938 g/mol. The van der Waals surface area contributed by atoms with Crippen LogP contribution in [0.1, 0.15) is 118 Å². The zero-order valence-electron chi connectivity index (χ0n) is 39.1. The number of esters is 1. The number of anilines is 1. The van der Waals surface area contributed by atoms with E-state index < -0.39 is 29.7 Å². The van der Waals surface area contributed by atoms with Gasteiger partial charge in [0.2, 0.25) is 17.7 Å². The highest BCUT2D eigenvalue weighted by atomic mass is 16.6. The van der Waals surface area contributed by atoms with Gasteiger partial charge < -0.3 is 52.7 Å². The van der Waals surface area contributed by atoms with Gasteiger partial charge in [-0.1, -0.05) is 57.9 Å². The van der Waals surface area contributed by atoms with E-state index in [2.05, 4.69) is 17.6 Å². The van der Waals surface area contributed by atoms with Crippen molar-refractivity contribution in [3.63, 3.8) is 0 Å². The zero-order chi connectivity index (χ0) is 47.3. The summed E-state index contributed by atoms with van der Waals surface area (Å²) in [4.78, 5) is 75.4. The van der Waals surface area contributed by atoms with Crippen LogP contribution in [0.15, 0.2) is 18.2 Å². The summed E-state index contributed by atoms with van der Waals surface area (Å²) in [6.45, 7) is 10.6. The highest BCUT2D eigenvalue weighted by Gasteiger charge is 2.45. The lowest BCUT2D eigenvalue weighted by Gasteiger charge is -2.27. The Kier molecular flexibility index (Phi) is 31.7. The number of nitrogens with one attached hydrogen (secondary N) is 2. The SMILES string of the molecule is CCCCCCCCCC(=O)OCCOCCOCCOCCOCCOCCOCCOCCOCCOCCCCCC(=O)Nc1cccc2c1C(=O)N(C1CCC(=O)NC1=O)C2=O. The molecule has 1 unspecified atom stereocenters. The molecule has 2 aliphatic rings. The Bertz CT molecular complexity index is 1550. The number of rotatable bonds is 43. The number of piperidine rings is 1. The van der Waals surface area contributed by atoms with Gasteiger partial charge in [0.25, 0.3) is 11.8 Å². The third-order valence-electron chi connectivity index (χ3n) is 10.4. The molecule has 19 nitrogen and oxygen atoms in total. The average molecular weight is 938 g/mol. The van der Waals surface area contributed by atoms with Crippen molar-refractivity contribution >= 4 is 41.2 Å². The Balaban J connectivity index is 0.976. The van der Waals surface area contributed by atoms with Crippen molar-refractivity contribution in [1.29, 1.82) is 0 Å². The number of hydrogen-bond acceptors (Lipinski definition) is 16. The molecule has 0 bridgehead atoms. The first-order valence-electron chi connectivity index (χ1n) is 23.8. The molecule has 66 heavy (non-hydrogen) atoms. The third kappa shape index (κ3) is 24.7. The molecule has 374 valence electrons. The van der Waals surface area contributed by atoms with Crippen molar-refractivity contribution in [2.75, 3.05) is 131 Å². The molecule has 2 aliphatic heterocycles. The Labute approximate surface area is 389 Å². The third-order valence-corrected chi connectivity index (χ3v) is 10.4. The smallest absolute Gasteiger partial charge is 0.305 e. The number of carbonyl (C=O) groups excluding carboxylic acids is 6. The highest BCUT2D eigenvalue weighted by Crippen LogP contribution is 2.32. The second kappa shape index (κ2) is 37.1. The first-order valence-corrected chi connectivity index (χ1v) is 23.8. The van der Waals surface area contributed by atoms with Crippen molar-refractivity contribution in [3.8, 4) is 0 Å².